The number of pyridine rings is 2. The zero-order chi connectivity index (χ0) is 27.5. The van der Waals surface area contributed by atoms with Crippen molar-refractivity contribution < 1.29 is 14.6 Å². The Balaban J connectivity index is 1.11. The van der Waals surface area contributed by atoms with E-state index in [9.17, 15) is 9.90 Å². The van der Waals surface area contributed by atoms with Gasteiger partial charge >= 0.3 is 0 Å². The van der Waals surface area contributed by atoms with Crippen LogP contribution in [0.1, 0.15) is 73.7 Å². The minimum Gasteiger partial charge on any atom is -0.508 e. The Hall–Kier alpha value is -3.61. The predicted molar refractivity (Wildman–Crippen MR) is 157 cm³/mol. The number of phenolic OH excluding ortho intramolecular Hbond substituents is 1. The smallest absolute Gasteiger partial charge is 0.261 e. The van der Waals surface area contributed by atoms with Crippen LogP contribution in [0.2, 0.25) is 0 Å². The highest BCUT2D eigenvalue weighted by molar-refractivity contribution is 6.09. The first-order valence-corrected chi connectivity index (χ1v) is 15.0. The minimum atomic E-state index is -0.0615. The maximum absolute atomic E-state index is 13.9. The fourth-order valence-corrected chi connectivity index (χ4v) is 6.08. The van der Waals surface area contributed by atoms with Crippen LogP contribution in [0, 0.1) is 17.8 Å². The topological polar surface area (TPSA) is 78.8 Å². The van der Waals surface area contributed by atoms with Crippen LogP contribution in [-0.2, 0) is 0 Å². The standard InChI is InChI=1S/C33H40N4O3/c1-2-28(25-8-9-25)26-12-16-35-32(19-26)40-22-24-13-17-36(18-14-24)30-20-27(38)10-11-29(30)33(39)37(21-23-6-7-23)31-5-3-4-15-34-31/h3-5,10-12,15-16,19-20,23-25,28,38H,2,6-9,13-14,17-18,21-22H2,1H3. The van der Waals surface area contributed by atoms with E-state index in [0.717, 1.165) is 62.7 Å². The van der Waals surface area contributed by atoms with E-state index < -0.39 is 0 Å². The molecule has 3 aliphatic rings. The number of rotatable bonds is 11. The van der Waals surface area contributed by atoms with Gasteiger partial charge in [0, 0.05) is 44.2 Å². The number of carbonyl (C=O) groups excluding carboxylic acids is 1. The molecule has 3 heterocycles. The molecule has 0 radical (unpaired) electrons. The third-order valence-corrected chi connectivity index (χ3v) is 8.76. The van der Waals surface area contributed by atoms with Gasteiger partial charge in [0.2, 0.25) is 5.88 Å². The highest BCUT2D eigenvalue weighted by atomic mass is 16.5. The first kappa shape index (κ1) is 26.6. The maximum atomic E-state index is 13.9. The van der Waals surface area contributed by atoms with Crippen LogP contribution in [0.15, 0.2) is 60.9 Å². The number of anilines is 2. The van der Waals surface area contributed by atoms with Gasteiger partial charge in [0.15, 0.2) is 0 Å². The summed E-state index contributed by atoms with van der Waals surface area (Å²) in [6, 6.07) is 15.1. The van der Waals surface area contributed by atoms with E-state index in [2.05, 4.69) is 33.9 Å². The van der Waals surface area contributed by atoms with E-state index in [1.807, 2.05) is 29.3 Å². The number of piperidine rings is 1. The average molecular weight is 541 g/mol. The Labute approximate surface area is 237 Å². The van der Waals surface area contributed by atoms with E-state index in [-0.39, 0.29) is 11.7 Å². The number of nitrogens with zero attached hydrogens (tertiary/aromatic N) is 4. The molecule has 0 bridgehead atoms. The highest BCUT2D eigenvalue weighted by Gasteiger charge is 2.32. The van der Waals surface area contributed by atoms with Gasteiger partial charge in [-0.15, -0.1) is 0 Å². The van der Waals surface area contributed by atoms with Gasteiger partial charge in [0.1, 0.15) is 11.6 Å². The monoisotopic (exact) mass is 540 g/mol. The zero-order valence-corrected chi connectivity index (χ0v) is 23.4. The number of ether oxygens (including phenoxy) is 1. The molecule has 1 aliphatic heterocycles. The number of carbonyl (C=O) groups is 1. The minimum absolute atomic E-state index is 0.0615. The van der Waals surface area contributed by atoms with Crippen LogP contribution < -0.4 is 14.5 Å². The lowest BCUT2D eigenvalue weighted by atomic mass is 9.92. The van der Waals surface area contributed by atoms with E-state index in [4.69, 9.17) is 4.74 Å². The number of phenols is 1. The molecule has 1 atom stereocenters. The summed E-state index contributed by atoms with van der Waals surface area (Å²) in [4.78, 5) is 26.9. The van der Waals surface area contributed by atoms with Gasteiger partial charge in [-0.3, -0.25) is 9.69 Å². The van der Waals surface area contributed by atoms with E-state index in [0.29, 0.717) is 42.3 Å². The Morgan fingerprint density at radius 2 is 1.82 bits per heavy atom. The molecule has 6 rings (SSSR count). The van der Waals surface area contributed by atoms with E-state index >= 15 is 0 Å². The van der Waals surface area contributed by atoms with Gasteiger partial charge in [0.25, 0.3) is 5.91 Å². The fourth-order valence-electron chi connectivity index (χ4n) is 6.08. The SMILES string of the molecule is CCC(c1ccnc(OCC2CCN(c3cc(O)ccc3C(=O)N(CC3CC3)c3ccccn3)CC2)c1)C1CC1. The molecule has 1 N–H and O–H groups in total. The van der Waals surface area contributed by atoms with Crippen LogP contribution in [0.3, 0.4) is 0 Å². The molecule has 7 heteroatoms. The summed E-state index contributed by atoms with van der Waals surface area (Å²) in [6.45, 7) is 5.19. The average Bonchev–Trinajstić information content (AvgIpc) is 3.92. The van der Waals surface area contributed by atoms with Gasteiger partial charge in [-0.1, -0.05) is 13.0 Å². The number of amides is 1. The summed E-state index contributed by atoms with van der Waals surface area (Å²) in [5, 5.41) is 10.3. The van der Waals surface area contributed by atoms with Crippen molar-refractivity contribution in [1.29, 1.82) is 0 Å². The largest absolute Gasteiger partial charge is 0.508 e. The van der Waals surface area contributed by atoms with Crippen molar-refractivity contribution in [2.24, 2.45) is 17.8 Å². The lowest BCUT2D eigenvalue weighted by Crippen LogP contribution is -2.38. The van der Waals surface area contributed by atoms with Gasteiger partial charge in [-0.2, -0.15) is 0 Å². The first-order chi connectivity index (χ1) is 19.6. The fraction of sp³-hybridized carbons (Fsp3) is 0.485. The van der Waals surface area contributed by atoms with Gasteiger partial charge < -0.3 is 14.7 Å². The number of benzene rings is 1. The second-order valence-electron chi connectivity index (χ2n) is 11.8. The summed E-state index contributed by atoms with van der Waals surface area (Å²) in [6.07, 6.45) is 11.6. The van der Waals surface area contributed by atoms with Crippen molar-refractivity contribution in [3.8, 4) is 11.6 Å². The maximum Gasteiger partial charge on any atom is 0.261 e. The molecular weight excluding hydrogens is 500 g/mol. The lowest BCUT2D eigenvalue weighted by molar-refractivity contribution is 0.0985. The molecule has 1 amide bonds. The summed E-state index contributed by atoms with van der Waals surface area (Å²) < 4.78 is 6.19. The molecule has 3 fully saturated rings. The predicted octanol–water partition coefficient (Wildman–Crippen LogP) is 6.44. The van der Waals surface area contributed by atoms with Crippen molar-refractivity contribution in [2.75, 3.05) is 36.0 Å². The molecule has 1 unspecified atom stereocenters. The van der Waals surface area contributed by atoms with Crippen LogP contribution in [0.25, 0.3) is 0 Å². The Kier molecular flexibility index (Phi) is 7.89. The van der Waals surface area contributed by atoms with Crippen molar-refractivity contribution in [2.45, 2.75) is 57.8 Å². The molecular formula is C33H40N4O3. The lowest BCUT2D eigenvalue weighted by Gasteiger charge is -2.35. The quantitative estimate of drug-likeness (QED) is 0.302. The molecule has 7 nitrogen and oxygen atoms in total. The second-order valence-corrected chi connectivity index (χ2v) is 11.8. The summed E-state index contributed by atoms with van der Waals surface area (Å²) in [7, 11) is 0. The second kappa shape index (κ2) is 11.9. The molecule has 2 aromatic heterocycles. The van der Waals surface area contributed by atoms with Gasteiger partial charge in [0.05, 0.1) is 17.9 Å². The molecule has 2 saturated carbocycles. The molecule has 3 aromatic rings. The van der Waals surface area contributed by atoms with Crippen LogP contribution in [0.5, 0.6) is 11.6 Å². The van der Waals surface area contributed by atoms with E-state index in [1.54, 1.807) is 24.4 Å². The third kappa shape index (κ3) is 6.24. The Morgan fingerprint density at radius 1 is 1.00 bits per heavy atom. The van der Waals surface area contributed by atoms with E-state index in [1.165, 1.54) is 18.4 Å². The summed E-state index contributed by atoms with van der Waals surface area (Å²) in [5.74, 6) is 3.90. The van der Waals surface area contributed by atoms with Crippen molar-refractivity contribution in [3.63, 3.8) is 0 Å². The third-order valence-electron chi connectivity index (χ3n) is 8.76. The Morgan fingerprint density at radius 3 is 2.52 bits per heavy atom. The molecule has 1 saturated heterocycles. The molecule has 1 aromatic carbocycles. The zero-order valence-electron chi connectivity index (χ0n) is 23.4. The van der Waals surface area contributed by atoms with Crippen LogP contribution >= 0.6 is 0 Å². The van der Waals surface area contributed by atoms with Crippen LogP contribution in [-0.4, -0.2) is 47.2 Å². The summed E-state index contributed by atoms with van der Waals surface area (Å²) in [5.41, 5.74) is 2.76. The first-order valence-electron chi connectivity index (χ1n) is 15.0. The van der Waals surface area contributed by atoms with Crippen molar-refractivity contribution >= 4 is 17.4 Å². The normalized spacial score (nSPS) is 18.4. The highest BCUT2D eigenvalue weighted by Crippen LogP contribution is 2.44. The van der Waals surface area contributed by atoms with Gasteiger partial charge in [-0.05, 0) is 105 Å². The number of hydrogen-bond donors (Lipinski definition) is 1. The molecule has 0 spiro atoms. The van der Waals surface area contributed by atoms with Crippen molar-refractivity contribution in [1.82, 2.24) is 9.97 Å². The molecule has 210 valence electrons. The van der Waals surface area contributed by atoms with Gasteiger partial charge in [-0.25, -0.2) is 9.97 Å². The Bertz CT molecular complexity index is 1300. The number of aromatic hydroxyl groups is 1. The molecule has 2 aliphatic carbocycles. The van der Waals surface area contributed by atoms with Crippen LogP contribution in [0.4, 0.5) is 11.5 Å². The van der Waals surface area contributed by atoms with Crippen molar-refractivity contribution in [3.05, 3.63) is 72.1 Å². The summed E-state index contributed by atoms with van der Waals surface area (Å²) >= 11 is 0. The number of hydrogen-bond acceptors (Lipinski definition) is 6. The molecule has 40 heavy (non-hydrogen) atoms. The number of aromatic nitrogens is 2.